The lowest BCUT2D eigenvalue weighted by molar-refractivity contribution is -0.132. The van der Waals surface area contributed by atoms with Crippen molar-refractivity contribution in [3.8, 4) is 0 Å². The molecule has 2 N–H and O–H groups in total. The van der Waals surface area contributed by atoms with Gasteiger partial charge in [-0.25, -0.2) is 0 Å². The van der Waals surface area contributed by atoms with Gasteiger partial charge in [-0.1, -0.05) is 13.0 Å². The Morgan fingerprint density at radius 1 is 1.27 bits per heavy atom. The predicted octanol–water partition coefficient (Wildman–Crippen LogP) is 3.56. The van der Waals surface area contributed by atoms with Gasteiger partial charge in [0, 0.05) is 50.6 Å². The van der Waals surface area contributed by atoms with E-state index in [1.165, 1.54) is 24.1 Å². The summed E-state index contributed by atoms with van der Waals surface area (Å²) in [6.45, 7) is 6.73. The normalized spacial score (nSPS) is 25.5. The molecular formula is C22H38IN5OS. The molecule has 3 atom stereocenters. The van der Waals surface area contributed by atoms with Crippen LogP contribution < -0.4 is 10.6 Å². The predicted molar refractivity (Wildman–Crippen MR) is 137 cm³/mol. The Bertz CT molecular complexity index is 668. The number of thiophene rings is 1. The van der Waals surface area contributed by atoms with Gasteiger partial charge in [0.25, 0.3) is 0 Å². The van der Waals surface area contributed by atoms with Gasteiger partial charge in [0.15, 0.2) is 5.96 Å². The number of hydrogen-bond acceptors (Lipinski definition) is 4. The number of aliphatic imine (C=N–C) groups is 1. The number of guanidine groups is 1. The molecule has 0 radical (unpaired) electrons. The number of nitrogens with one attached hydrogen (secondary N) is 2. The van der Waals surface area contributed by atoms with E-state index < -0.39 is 0 Å². The lowest BCUT2D eigenvalue weighted by atomic mass is 9.88. The van der Waals surface area contributed by atoms with Gasteiger partial charge in [0.05, 0.1) is 0 Å². The Balaban J connectivity index is 0.00000320. The van der Waals surface area contributed by atoms with E-state index in [0.29, 0.717) is 30.8 Å². The number of piperidine rings is 2. The molecule has 0 saturated carbocycles. The summed E-state index contributed by atoms with van der Waals surface area (Å²) in [5, 5.41) is 9.00. The Morgan fingerprint density at radius 2 is 2.07 bits per heavy atom. The van der Waals surface area contributed by atoms with Crippen molar-refractivity contribution in [3.63, 3.8) is 0 Å². The second-order valence-corrected chi connectivity index (χ2v) is 9.54. The van der Waals surface area contributed by atoms with Crippen LogP contribution in [0.5, 0.6) is 0 Å². The molecule has 3 unspecified atom stereocenters. The van der Waals surface area contributed by atoms with E-state index in [9.17, 15) is 4.79 Å². The average Bonchev–Trinajstić information content (AvgIpc) is 3.24. The van der Waals surface area contributed by atoms with Crippen molar-refractivity contribution < 1.29 is 4.79 Å². The summed E-state index contributed by atoms with van der Waals surface area (Å²) >= 11 is 1.85. The molecule has 30 heavy (non-hydrogen) atoms. The van der Waals surface area contributed by atoms with Crippen LogP contribution in [-0.4, -0.2) is 68.5 Å². The minimum Gasteiger partial charge on any atom is -0.356 e. The van der Waals surface area contributed by atoms with Gasteiger partial charge < -0.3 is 15.5 Å². The van der Waals surface area contributed by atoms with Crippen LogP contribution in [-0.2, 0) is 4.79 Å². The molecule has 1 aromatic rings. The highest BCUT2D eigenvalue weighted by molar-refractivity contribution is 14.0. The smallest absolute Gasteiger partial charge is 0.224 e. The van der Waals surface area contributed by atoms with Crippen molar-refractivity contribution in [2.75, 3.05) is 46.8 Å². The maximum Gasteiger partial charge on any atom is 0.224 e. The van der Waals surface area contributed by atoms with Gasteiger partial charge in [-0.3, -0.25) is 14.7 Å². The molecule has 0 bridgehead atoms. The summed E-state index contributed by atoms with van der Waals surface area (Å²) in [6, 6.07) is 4.87. The molecule has 2 fully saturated rings. The van der Waals surface area contributed by atoms with Crippen molar-refractivity contribution >= 4 is 47.2 Å². The van der Waals surface area contributed by atoms with Gasteiger partial charge in [0.2, 0.25) is 5.91 Å². The Labute approximate surface area is 202 Å². The van der Waals surface area contributed by atoms with Crippen LogP contribution in [0.4, 0.5) is 0 Å². The van der Waals surface area contributed by atoms with E-state index in [1.807, 2.05) is 16.2 Å². The van der Waals surface area contributed by atoms with E-state index in [-0.39, 0.29) is 29.9 Å². The molecule has 3 heterocycles. The highest BCUT2D eigenvalue weighted by Crippen LogP contribution is 2.36. The zero-order chi connectivity index (χ0) is 20.6. The number of carbonyl (C=O) groups is 1. The molecule has 6 nitrogen and oxygen atoms in total. The fourth-order valence-electron chi connectivity index (χ4n) is 4.69. The highest BCUT2D eigenvalue weighted by Gasteiger charge is 2.31. The Hall–Kier alpha value is -0.870. The monoisotopic (exact) mass is 547 g/mol. The molecule has 8 heteroatoms. The highest BCUT2D eigenvalue weighted by atomic mass is 127. The third-order valence-electron chi connectivity index (χ3n) is 6.24. The van der Waals surface area contributed by atoms with Crippen LogP contribution >= 0.6 is 35.3 Å². The summed E-state index contributed by atoms with van der Waals surface area (Å²) in [7, 11) is 4.03. The third-order valence-corrected chi connectivity index (χ3v) is 7.18. The van der Waals surface area contributed by atoms with Crippen LogP contribution in [0.15, 0.2) is 22.5 Å². The maximum absolute atomic E-state index is 12.5. The van der Waals surface area contributed by atoms with E-state index in [4.69, 9.17) is 0 Å². The average molecular weight is 548 g/mol. The number of hydrogen-bond donors (Lipinski definition) is 2. The summed E-state index contributed by atoms with van der Waals surface area (Å²) in [5.74, 6) is 2.23. The lowest BCUT2D eigenvalue weighted by Crippen LogP contribution is -2.46. The maximum atomic E-state index is 12.5. The Morgan fingerprint density at radius 3 is 2.77 bits per heavy atom. The SMILES string of the molecule is CN=C(NCCC(=O)N1CCCC(C)C1)NCC1CCCN(C)C1c1cccs1.I. The molecule has 0 aromatic carbocycles. The number of amides is 1. The summed E-state index contributed by atoms with van der Waals surface area (Å²) in [5.41, 5.74) is 0. The van der Waals surface area contributed by atoms with E-state index in [2.05, 4.69) is 52.0 Å². The first kappa shape index (κ1) is 25.4. The van der Waals surface area contributed by atoms with Crippen LogP contribution in [0.1, 0.15) is 49.9 Å². The van der Waals surface area contributed by atoms with Crippen LogP contribution in [0.2, 0.25) is 0 Å². The minimum absolute atomic E-state index is 0. The van der Waals surface area contributed by atoms with Crippen molar-refractivity contribution in [1.29, 1.82) is 0 Å². The van der Waals surface area contributed by atoms with Gasteiger partial charge in [0.1, 0.15) is 0 Å². The number of nitrogens with zero attached hydrogens (tertiary/aromatic N) is 3. The molecule has 3 rings (SSSR count). The van der Waals surface area contributed by atoms with E-state index in [1.54, 1.807) is 7.05 Å². The van der Waals surface area contributed by atoms with Gasteiger partial charge in [-0.15, -0.1) is 35.3 Å². The molecule has 2 aliphatic heterocycles. The zero-order valence-electron chi connectivity index (χ0n) is 18.6. The van der Waals surface area contributed by atoms with E-state index in [0.717, 1.165) is 38.6 Å². The lowest BCUT2D eigenvalue weighted by Gasteiger charge is -2.39. The summed E-state index contributed by atoms with van der Waals surface area (Å²) in [6.07, 6.45) is 5.35. The summed E-state index contributed by atoms with van der Waals surface area (Å²) < 4.78 is 0. The first-order valence-corrected chi connectivity index (χ1v) is 11.9. The topological polar surface area (TPSA) is 60.0 Å². The van der Waals surface area contributed by atoms with Gasteiger partial charge in [-0.05, 0) is 62.6 Å². The molecule has 2 saturated heterocycles. The molecule has 1 amide bonds. The van der Waals surface area contributed by atoms with Gasteiger partial charge >= 0.3 is 0 Å². The van der Waals surface area contributed by atoms with E-state index >= 15 is 0 Å². The van der Waals surface area contributed by atoms with Gasteiger partial charge in [-0.2, -0.15) is 0 Å². The van der Waals surface area contributed by atoms with Crippen molar-refractivity contribution in [2.45, 2.75) is 45.1 Å². The first-order chi connectivity index (χ1) is 14.1. The minimum atomic E-state index is 0. The first-order valence-electron chi connectivity index (χ1n) is 11.0. The van der Waals surface area contributed by atoms with Crippen LogP contribution in [0, 0.1) is 11.8 Å². The number of carbonyl (C=O) groups excluding carboxylic acids is 1. The van der Waals surface area contributed by atoms with Crippen molar-refractivity contribution in [1.82, 2.24) is 20.4 Å². The number of rotatable bonds is 6. The zero-order valence-corrected chi connectivity index (χ0v) is 21.7. The number of halogens is 1. The second kappa shape index (κ2) is 12.9. The van der Waals surface area contributed by atoms with Crippen LogP contribution in [0.3, 0.4) is 0 Å². The molecular weight excluding hydrogens is 509 g/mol. The number of likely N-dealkylation sites (tertiary alicyclic amines) is 2. The van der Waals surface area contributed by atoms with Crippen LogP contribution in [0.25, 0.3) is 0 Å². The quantitative estimate of drug-likeness (QED) is 0.325. The fraction of sp³-hybridized carbons (Fsp3) is 0.727. The molecule has 2 aliphatic rings. The molecule has 1 aromatic heterocycles. The molecule has 170 valence electrons. The van der Waals surface area contributed by atoms with Crippen molar-refractivity contribution in [3.05, 3.63) is 22.4 Å². The molecule has 0 spiro atoms. The van der Waals surface area contributed by atoms with Crippen molar-refractivity contribution in [2.24, 2.45) is 16.8 Å². The molecule has 0 aliphatic carbocycles. The Kier molecular flexibility index (Phi) is 10.9. The second-order valence-electron chi connectivity index (χ2n) is 8.56. The standard InChI is InChI=1S/C22H37N5OS.HI/c1-17-7-4-13-27(16-17)20(28)10-11-24-22(23-2)25-15-18-8-5-12-26(3)21(18)19-9-6-14-29-19;/h6,9,14,17-18,21H,4-5,7-8,10-13,15-16H2,1-3H3,(H2,23,24,25);1H. The largest absolute Gasteiger partial charge is 0.356 e. The summed E-state index contributed by atoms with van der Waals surface area (Å²) in [4.78, 5) is 22.8. The third kappa shape index (κ3) is 7.09. The fourth-order valence-corrected chi connectivity index (χ4v) is 5.68.